The van der Waals surface area contributed by atoms with Gasteiger partial charge in [0.15, 0.2) is 0 Å². The second-order valence-corrected chi connectivity index (χ2v) is 7.90. The van der Waals surface area contributed by atoms with E-state index in [-0.39, 0.29) is 0 Å². The van der Waals surface area contributed by atoms with Gasteiger partial charge in [-0.2, -0.15) is 0 Å². The summed E-state index contributed by atoms with van der Waals surface area (Å²) in [7, 11) is 2.18. The molecule has 4 N–H and O–H groups in total. The Kier molecular flexibility index (Phi) is 3.65. The van der Waals surface area contributed by atoms with E-state index in [1.54, 1.807) is 11.3 Å². The number of hydrogen-bond donors (Lipinski definition) is 3. The standard InChI is InChI=1S/C19H22N6S/c1-24-5-7-25(8-6-24)12-2-3-14-16(10-12)23-19(22-14)13-11-21-15-4-9-26-18(15)17(13)20/h2-4,9-10,21H,5-8,11,20H2,1H3,(H,22,23). The van der Waals surface area contributed by atoms with Gasteiger partial charge < -0.3 is 25.8 Å². The molecule has 4 heterocycles. The van der Waals surface area contributed by atoms with Gasteiger partial charge in [-0.15, -0.1) is 11.3 Å². The number of nitrogens with one attached hydrogen (secondary N) is 2. The maximum Gasteiger partial charge on any atom is 0.138 e. The summed E-state index contributed by atoms with van der Waals surface area (Å²) in [4.78, 5) is 14.2. The second kappa shape index (κ2) is 6.03. The van der Waals surface area contributed by atoms with E-state index in [4.69, 9.17) is 10.7 Å². The van der Waals surface area contributed by atoms with Crippen LogP contribution in [-0.2, 0) is 0 Å². The molecule has 0 aliphatic carbocycles. The van der Waals surface area contributed by atoms with Crippen molar-refractivity contribution in [1.82, 2.24) is 14.9 Å². The number of nitrogens with zero attached hydrogens (tertiary/aromatic N) is 3. The molecular formula is C19H22N6S. The molecule has 26 heavy (non-hydrogen) atoms. The number of nitrogens with two attached hydrogens (primary N) is 1. The fraction of sp³-hybridized carbons (Fsp3) is 0.316. The summed E-state index contributed by atoms with van der Waals surface area (Å²) in [5, 5.41) is 5.50. The topological polar surface area (TPSA) is 73.2 Å². The minimum Gasteiger partial charge on any atom is -0.397 e. The molecule has 0 amide bonds. The van der Waals surface area contributed by atoms with Gasteiger partial charge in [0, 0.05) is 44.0 Å². The van der Waals surface area contributed by atoms with E-state index >= 15 is 0 Å². The number of likely N-dealkylation sites (N-methyl/N-ethyl adjacent to an activating group) is 1. The Morgan fingerprint density at radius 2 is 2.00 bits per heavy atom. The first kappa shape index (κ1) is 15.7. The predicted molar refractivity (Wildman–Crippen MR) is 110 cm³/mol. The van der Waals surface area contributed by atoms with Crippen molar-refractivity contribution >= 4 is 45.0 Å². The molecular weight excluding hydrogens is 344 g/mol. The van der Waals surface area contributed by atoms with E-state index < -0.39 is 0 Å². The maximum atomic E-state index is 6.43. The summed E-state index contributed by atoms with van der Waals surface area (Å²) in [5.41, 5.74) is 12.7. The fourth-order valence-corrected chi connectivity index (χ4v) is 4.54. The van der Waals surface area contributed by atoms with Crippen LogP contribution in [0, 0.1) is 0 Å². The van der Waals surface area contributed by atoms with Gasteiger partial charge in [0.2, 0.25) is 0 Å². The van der Waals surface area contributed by atoms with Crippen LogP contribution in [-0.4, -0.2) is 54.6 Å². The van der Waals surface area contributed by atoms with Crippen molar-refractivity contribution < 1.29 is 0 Å². The number of imidazole rings is 1. The zero-order valence-electron chi connectivity index (χ0n) is 14.7. The molecule has 0 bridgehead atoms. The molecule has 7 heteroatoms. The smallest absolute Gasteiger partial charge is 0.138 e. The van der Waals surface area contributed by atoms with Gasteiger partial charge in [-0.25, -0.2) is 4.98 Å². The molecule has 1 saturated heterocycles. The molecule has 2 aliphatic rings. The van der Waals surface area contributed by atoms with Crippen LogP contribution in [0.25, 0.3) is 22.3 Å². The summed E-state index contributed by atoms with van der Waals surface area (Å²) in [6, 6.07) is 8.56. The third-order valence-electron chi connectivity index (χ3n) is 5.31. The molecule has 0 saturated carbocycles. The van der Waals surface area contributed by atoms with Crippen molar-refractivity contribution in [3.63, 3.8) is 0 Å². The summed E-state index contributed by atoms with van der Waals surface area (Å²) in [6.45, 7) is 5.02. The van der Waals surface area contributed by atoms with Gasteiger partial charge in [-0.1, -0.05) is 0 Å². The first-order valence-electron chi connectivity index (χ1n) is 8.93. The van der Waals surface area contributed by atoms with Crippen LogP contribution in [0.1, 0.15) is 10.7 Å². The molecule has 5 rings (SSSR count). The van der Waals surface area contributed by atoms with Crippen molar-refractivity contribution in [3.05, 3.63) is 40.3 Å². The average Bonchev–Trinajstić information content (AvgIpc) is 3.29. The van der Waals surface area contributed by atoms with Gasteiger partial charge >= 0.3 is 0 Å². The van der Waals surface area contributed by atoms with Gasteiger partial charge in [-0.3, -0.25) is 0 Å². The summed E-state index contributed by atoms with van der Waals surface area (Å²) in [5.74, 6) is 0.861. The van der Waals surface area contributed by atoms with E-state index in [2.05, 4.69) is 56.8 Å². The number of aromatic nitrogens is 2. The lowest BCUT2D eigenvalue weighted by Crippen LogP contribution is -2.44. The van der Waals surface area contributed by atoms with Crippen LogP contribution in [0.3, 0.4) is 0 Å². The normalized spacial score (nSPS) is 18.3. The van der Waals surface area contributed by atoms with Crippen molar-refractivity contribution in [1.29, 1.82) is 0 Å². The maximum absolute atomic E-state index is 6.43. The Balaban J connectivity index is 1.50. The Labute approximate surface area is 156 Å². The average molecular weight is 366 g/mol. The summed E-state index contributed by atoms with van der Waals surface area (Å²) in [6.07, 6.45) is 0. The monoisotopic (exact) mass is 366 g/mol. The highest BCUT2D eigenvalue weighted by Crippen LogP contribution is 2.36. The molecule has 0 radical (unpaired) electrons. The van der Waals surface area contributed by atoms with E-state index in [0.717, 1.165) is 64.9 Å². The molecule has 2 aromatic heterocycles. The molecule has 1 aromatic carbocycles. The summed E-state index contributed by atoms with van der Waals surface area (Å²) >= 11 is 1.66. The van der Waals surface area contributed by atoms with E-state index in [9.17, 15) is 0 Å². The zero-order valence-corrected chi connectivity index (χ0v) is 15.6. The highest BCUT2D eigenvalue weighted by atomic mass is 32.1. The van der Waals surface area contributed by atoms with Gasteiger partial charge in [-0.05, 0) is 36.7 Å². The molecule has 0 spiro atoms. The van der Waals surface area contributed by atoms with E-state index in [1.807, 2.05) is 0 Å². The second-order valence-electron chi connectivity index (χ2n) is 6.99. The molecule has 3 aromatic rings. The number of hydrogen-bond acceptors (Lipinski definition) is 6. The number of fused-ring (bicyclic) bond motifs is 2. The molecule has 134 valence electrons. The van der Waals surface area contributed by atoms with Crippen molar-refractivity contribution in [2.24, 2.45) is 5.73 Å². The third-order valence-corrected chi connectivity index (χ3v) is 6.26. The Bertz CT molecular complexity index is 993. The van der Waals surface area contributed by atoms with Crippen LogP contribution < -0.4 is 16.0 Å². The summed E-state index contributed by atoms with van der Waals surface area (Å²) < 4.78 is 0. The molecule has 0 atom stereocenters. The zero-order chi connectivity index (χ0) is 17.7. The third kappa shape index (κ3) is 2.55. The Morgan fingerprint density at radius 3 is 2.85 bits per heavy atom. The van der Waals surface area contributed by atoms with Gasteiger partial charge in [0.05, 0.1) is 27.3 Å². The molecule has 6 nitrogen and oxygen atoms in total. The molecule has 2 aliphatic heterocycles. The minimum absolute atomic E-state index is 0.695. The van der Waals surface area contributed by atoms with Crippen LogP contribution in [0.15, 0.2) is 29.6 Å². The van der Waals surface area contributed by atoms with Crippen molar-refractivity contribution in [2.75, 3.05) is 50.0 Å². The Morgan fingerprint density at radius 1 is 1.15 bits per heavy atom. The van der Waals surface area contributed by atoms with Crippen LogP contribution >= 0.6 is 11.3 Å². The lowest BCUT2D eigenvalue weighted by atomic mass is 10.1. The largest absolute Gasteiger partial charge is 0.397 e. The number of aromatic amines is 1. The van der Waals surface area contributed by atoms with E-state index in [0.29, 0.717) is 6.54 Å². The highest BCUT2D eigenvalue weighted by Gasteiger charge is 2.21. The lowest BCUT2D eigenvalue weighted by molar-refractivity contribution is 0.313. The van der Waals surface area contributed by atoms with Crippen LogP contribution in [0.2, 0.25) is 0 Å². The Hall–Kier alpha value is -2.51. The van der Waals surface area contributed by atoms with Crippen molar-refractivity contribution in [3.8, 4) is 0 Å². The van der Waals surface area contributed by atoms with Gasteiger partial charge in [0.25, 0.3) is 0 Å². The fourth-order valence-electron chi connectivity index (χ4n) is 3.69. The van der Waals surface area contributed by atoms with Crippen LogP contribution in [0.4, 0.5) is 11.4 Å². The first-order chi connectivity index (χ1) is 12.7. The molecule has 0 unspecified atom stereocenters. The van der Waals surface area contributed by atoms with Crippen LogP contribution in [0.5, 0.6) is 0 Å². The number of piperazine rings is 1. The number of anilines is 2. The SMILES string of the molecule is CN1CCN(c2ccc3nc(C4=C(N)c5sccc5NC4)[nH]c3c2)CC1. The number of rotatable bonds is 2. The predicted octanol–water partition coefficient (Wildman–Crippen LogP) is 2.63. The number of H-pyrrole nitrogens is 1. The number of thiophene rings is 1. The highest BCUT2D eigenvalue weighted by molar-refractivity contribution is 7.11. The van der Waals surface area contributed by atoms with E-state index in [1.165, 1.54) is 5.69 Å². The van der Waals surface area contributed by atoms with Crippen molar-refractivity contribution in [2.45, 2.75) is 0 Å². The first-order valence-corrected chi connectivity index (χ1v) is 9.81. The molecule has 1 fully saturated rings. The van der Waals surface area contributed by atoms with Gasteiger partial charge in [0.1, 0.15) is 5.82 Å². The lowest BCUT2D eigenvalue weighted by Gasteiger charge is -2.34. The quantitative estimate of drug-likeness (QED) is 0.650. The number of benzene rings is 1. The minimum atomic E-state index is 0.695.